The zero-order valence-corrected chi connectivity index (χ0v) is 16.2. The van der Waals surface area contributed by atoms with Gasteiger partial charge in [0, 0.05) is 31.3 Å². The van der Waals surface area contributed by atoms with E-state index in [4.69, 9.17) is 11.6 Å². The van der Waals surface area contributed by atoms with E-state index in [1.54, 1.807) is 0 Å². The van der Waals surface area contributed by atoms with Gasteiger partial charge in [-0.05, 0) is 68.1 Å². The summed E-state index contributed by atoms with van der Waals surface area (Å²) in [7, 11) is 1.98. The Balaban J connectivity index is 1.83. The lowest BCUT2D eigenvalue weighted by atomic mass is 9.90. The van der Waals surface area contributed by atoms with Crippen molar-refractivity contribution in [2.45, 2.75) is 33.1 Å². The van der Waals surface area contributed by atoms with Crippen molar-refractivity contribution in [2.75, 3.05) is 18.9 Å². The Morgan fingerprint density at radius 2 is 2.08 bits per heavy atom. The van der Waals surface area contributed by atoms with Crippen LogP contribution >= 0.6 is 11.6 Å². The maximum atomic E-state index is 12.0. The van der Waals surface area contributed by atoms with Gasteiger partial charge in [0.05, 0.1) is 22.7 Å². The molecule has 4 nitrogen and oxygen atoms in total. The Morgan fingerprint density at radius 1 is 1.27 bits per heavy atom. The molecule has 3 rings (SSSR count). The molecule has 0 amide bonds. The second-order valence-corrected chi connectivity index (χ2v) is 7.12. The third-order valence-electron chi connectivity index (χ3n) is 4.71. The number of ketones is 1. The summed E-state index contributed by atoms with van der Waals surface area (Å²) in [6.07, 6.45) is 4.34. The van der Waals surface area contributed by atoms with Crippen LogP contribution in [0.15, 0.2) is 35.3 Å². The minimum atomic E-state index is 0.242. The van der Waals surface area contributed by atoms with Crippen LogP contribution in [-0.4, -0.2) is 30.6 Å². The summed E-state index contributed by atoms with van der Waals surface area (Å²) < 4.78 is 0. The molecule has 0 aromatic heterocycles. The second kappa shape index (κ2) is 7.92. The van der Waals surface area contributed by atoms with E-state index in [9.17, 15) is 4.79 Å². The van der Waals surface area contributed by atoms with Gasteiger partial charge in [-0.15, -0.1) is 0 Å². The van der Waals surface area contributed by atoms with Crippen molar-refractivity contribution in [1.82, 2.24) is 4.90 Å². The zero-order valence-electron chi connectivity index (χ0n) is 15.5. The van der Waals surface area contributed by atoms with Gasteiger partial charge in [0.1, 0.15) is 0 Å². The van der Waals surface area contributed by atoms with Crippen molar-refractivity contribution < 1.29 is 4.79 Å². The van der Waals surface area contributed by atoms with Crippen molar-refractivity contribution in [3.8, 4) is 0 Å². The van der Waals surface area contributed by atoms with Crippen LogP contribution in [0.3, 0.4) is 0 Å². The summed E-state index contributed by atoms with van der Waals surface area (Å²) in [5, 5.41) is 4.00. The molecule has 2 aromatic rings. The number of carbonyl (C=O) groups excluding carboxylic acids is 1. The first-order valence-electron chi connectivity index (χ1n) is 8.95. The molecule has 136 valence electrons. The Morgan fingerprint density at radius 3 is 2.85 bits per heavy atom. The number of hydrogen-bond donors (Lipinski definition) is 1. The number of anilines is 2. The predicted molar refractivity (Wildman–Crippen MR) is 110 cm³/mol. The van der Waals surface area contributed by atoms with Crippen molar-refractivity contribution in [3.63, 3.8) is 0 Å². The number of fused-ring (bicyclic) bond motifs is 1. The smallest absolute Gasteiger partial charge is 0.163 e. The summed E-state index contributed by atoms with van der Waals surface area (Å²) in [6, 6.07) is 9.79. The van der Waals surface area contributed by atoms with Crippen LogP contribution in [0.2, 0.25) is 5.02 Å². The first-order valence-corrected chi connectivity index (χ1v) is 9.33. The number of aryl methyl sites for hydroxylation is 2. The van der Waals surface area contributed by atoms with E-state index >= 15 is 0 Å². The number of halogens is 1. The highest BCUT2D eigenvalue weighted by Crippen LogP contribution is 2.33. The molecule has 0 saturated carbocycles. The maximum absolute atomic E-state index is 12.0. The monoisotopic (exact) mass is 369 g/mol. The Hall–Kier alpha value is -2.33. The van der Waals surface area contributed by atoms with Crippen molar-refractivity contribution in [1.29, 1.82) is 0 Å². The predicted octanol–water partition coefficient (Wildman–Crippen LogP) is 5.52. The van der Waals surface area contributed by atoms with Gasteiger partial charge in [-0.3, -0.25) is 4.79 Å². The van der Waals surface area contributed by atoms with Crippen LogP contribution in [0, 0.1) is 6.92 Å². The molecule has 0 fully saturated rings. The molecule has 26 heavy (non-hydrogen) atoms. The number of Topliss-reactive ketones (excluding diaryl/α,β-unsaturated/α-hetero) is 1. The third kappa shape index (κ3) is 4.07. The summed E-state index contributed by atoms with van der Waals surface area (Å²) in [5.74, 6) is 0.242. The fourth-order valence-electron chi connectivity index (χ4n) is 3.03. The number of benzene rings is 2. The van der Waals surface area contributed by atoms with Crippen molar-refractivity contribution in [3.05, 3.63) is 52.0 Å². The lowest BCUT2D eigenvalue weighted by Crippen LogP contribution is -2.14. The highest BCUT2D eigenvalue weighted by molar-refractivity contribution is 6.33. The minimum absolute atomic E-state index is 0.242. The highest BCUT2D eigenvalue weighted by atomic mass is 35.5. The van der Waals surface area contributed by atoms with Crippen LogP contribution in [0.1, 0.15) is 41.3 Å². The van der Waals surface area contributed by atoms with E-state index < -0.39 is 0 Å². The fourth-order valence-corrected chi connectivity index (χ4v) is 3.23. The van der Waals surface area contributed by atoms with Crippen molar-refractivity contribution >= 4 is 40.8 Å². The number of hydrogen-bond acceptors (Lipinski definition) is 3. The Bertz CT molecular complexity index is 861. The lowest BCUT2D eigenvalue weighted by molar-refractivity contribution is 0.0972. The lowest BCUT2D eigenvalue weighted by Gasteiger charge is -2.17. The molecule has 5 heteroatoms. The molecule has 2 aromatic carbocycles. The average molecular weight is 370 g/mol. The molecule has 0 radical (unpaired) electrons. The molecular weight excluding hydrogens is 346 g/mol. The second-order valence-electron chi connectivity index (χ2n) is 6.71. The quantitative estimate of drug-likeness (QED) is 0.557. The summed E-state index contributed by atoms with van der Waals surface area (Å²) in [6.45, 7) is 4.99. The van der Waals surface area contributed by atoms with E-state index in [0.29, 0.717) is 11.4 Å². The highest BCUT2D eigenvalue weighted by Gasteiger charge is 2.17. The van der Waals surface area contributed by atoms with Crippen LogP contribution in [0.25, 0.3) is 0 Å². The Kier molecular flexibility index (Phi) is 5.62. The Labute approximate surface area is 159 Å². The van der Waals surface area contributed by atoms with Gasteiger partial charge in [0.25, 0.3) is 0 Å². The number of rotatable bonds is 5. The molecule has 0 bridgehead atoms. The average Bonchev–Trinajstić information content (AvgIpc) is 2.63. The molecule has 1 aliphatic rings. The normalized spacial score (nSPS) is 13.8. The maximum Gasteiger partial charge on any atom is 0.163 e. The number of nitrogens with one attached hydrogen (secondary N) is 1. The SMILES string of the molecule is CCN(C)/C=N\c1cc(Cl)c(Nc2ccc3c(c2)CCCC3=O)cc1C. The van der Waals surface area contributed by atoms with Gasteiger partial charge in [-0.1, -0.05) is 11.6 Å². The topological polar surface area (TPSA) is 44.7 Å². The summed E-state index contributed by atoms with van der Waals surface area (Å²) >= 11 is 6.46. The first-order chi connectivity index (χ1) is 12.5. The van der Waals surface area contributed by atoms with Crippen LogP contribution < -0.4 is 5.32 Å². The summed E-state index contributed by atoms with van der Waals surface area (Å²) in [5.41, 5.74) is 5.66. The molecule has 0 unspecified atom stereocenters. The first kappa shape index (κ1) is 18.5. The standard InChI is InChI=1S/C21H24ClN3O/c1-4-25(3)13-23-19-12-18(22)20(10-14(19)2)24-16-8-9-17-15(11-16)6-5-7-21(17)26/h8-13,24H,4-7H2,1-3H3/b23-13-. The number of aliphatic imine (C=N–C) groups is 1. The zero-order chi connectivity index (χ0) is 18.7. The molecule has 0 spiro atoms. The molecule has 0 saturated heterocycles. The number of nitrogens with zero attached hydrogens (tertiary/aromatic N) is 2. The van der Waals surface area contributed by atoms with Crippen LogP contribution in [0.5, 0.6) is 0 Å². The molecular formula is C21H24ClN3O. The summed E-state index contributed by atoms with van der Waals surface area (Å²) in [4.78, 5) is 18.5. The molecule has 1 N–H and O–H groups in total. The van der Waals surface area contributed by atoms with Crippen LogP contribution in [0.4, 0.5) is 17.1 Å². The van der Waals surface area contributed by atoms with Gasteiger partial charge < -0.3 is 10.2 Å². The van der Waals surface area contributed by atoms with E-state index in [1.807, 2.05) is 49.5 Å². The molecule has 0 atom stereocenters. The fraction of sp³-hybridized carbons (Fsp3) is 0.333. The van der Waals surface area contributed by atoms with Gasteiger partial charge in [0.2, 0.25) is 0 Å². The van der Waals surface area contributed by atoms with E-state index in [0.717, 1.165) is 53.1 Å². The van der Waals surface area contributed by atoms with Crippen molar-refractivity contribution in [2.24, 2.45) is 4.99 Å². The van der Waals surface area contributed by atoms with E-state index in [2.05, 4.69) is 23.3 Å². The number of carbonyl (C=O) groups is 1. The molecule has 0 aliphatic heterocycles. The van der Waals surface area contributed by atoms with Gasteiger partial charge in [-0.25, -0.2) is 4.99 Å². The van der Waals surface area contributed by atoms with Gasteiger partial charge >= 0.3 is 0 Å². The third-order valence-corrected chi connectivity index (χ3v) is 5.03. The minimum Gasteiger partial charge on any atom is -0.366 e. The van der Waals surface area contributed by atoms with E-state index in [1.165, 1.54) is 0 Å². The van der Waals surface area contributed by atoms with Gasteiger partial charge in [-0.2, -0.15) is 0 Å². The van der Waals surface area contributed by atoms with Crippen LogP contribution in [-0.2, 0) is 6.42 Å². The largest absolute Gasteiger partial charge is 0.366 e. The molecule has 1 aliphatic carbocycles. The van der Waals surface area contributed by atoms with Gasteiger partial charge in [0.15, 0.2) is 5.78 Å². The van der Waals surface area contributed by atoms with E-state index in [-0.39, 0.29) is 5.78 Å². The molecule has 0 heterocycles.